The van der Waals surface area contributed by atoms with Crippen molar-refractivity contribution in [3.8, 4) is 0 Å². The molecule has 28 heavy (non-hydrogen) atoms. The number of esters is 2. The van der Waals surface area contributed by atoms with Gasteiger partial charge in [-0.15, -0.1) is 0 Å². The van der Waals surface area contributed by atoms with Crippen LogP contribution >= 0.6 is 0 Å². The number of ether oxygens (including phenoxy) is 2. The van der Waals surface area contributed by atoms with Crippen LogP contribution in [0.4, 0.5) is 0 Å². The summed E-state index contributed by atoms with van der Waals surface area (Å²) in [5.41, 5.74) is 0. The average Bonchev–Trinajstić information content (AvgIpc) is 2.62. The third kappa shape index (κ3) is 19.7. The molecule has 0 fully saturated rings. The monoisotopic (exact) mass is 398 g/mol. The number of carbonyl (C=O) groups is 2. The van der Waals surface area contributed by atoms with E-state index in [9.17, 15) is 9.59 Å². The zero-order chi connectivity index (χ0) is 21.2. The Morgan fingerprint density at radius 2 is 1.04 bits per heavy atom. The molecule has 0 aromatic rings. The maximum absolute atomic E-state index is 11.7. The minimum absolute atomic E-state index is 0.0453. The maximum atomic E-state index is 11.7. The fraction of sp³-hybridized carbons (Fsp3) is 0.917. The SMILES string of the molecule is CC(C)COC(=O)CCCCCCCCCCCC(C)CC(=O)OCC(C)C. The largest absolute Gasteiger partial charge is 0.465 e. The van der Waals surface area contributed by atoms with Gasteiger partial charge in [-0.25, -0.2) is 0 Å². The molecule has 0 spiro atoms. The molecule has 0 N–H and O–H groups in total. The van der Waals surface area contributed by atoms with Gasteiger partial charge in [0.15, 0.2) is 0 Å². The smallest absolute Gasteiger partial charge is 0.306 e. The van der Waals surface area contributed by atoms with Crippen molar-refractivity contribution < 1.29 is 19.1 Å². The minimum atomic E-state index is -0.0469. The Labute approximate surface area is 174 Å². The molecule has 0 aromatic carbocycles. The summed E-state index contributed by atoms with van der Waals surface area (Å²) in [5.74, 6) is 1.15. The number of hydrogen-bond donors (Lipinski definition) is 0. The van der Waals surface area contributed by atoms with Crippen LogP contribution in [0.2, 0.25) is 0 Å². The fourth-order valence-electron chi connectivity index (χ4n) is 3.04. The van der Waals surface area contributed by atoms with Crippen LogP contribution in [0.5, 0.6) is 0 Å². The standard InChI is InChI=1S/C24H46O4/c1-20(2)18-27-23(25)16-14-12-10-8-6-7-9-11-13-15-22(5)17-24(26)28-19-21(3)4/h20-22H,6-19H2,1-5H3. The maximum Gasteiger partial charge on any atom is 0.306 e. The molecule has 166 valence electrons. The highest BCUT2D eigenvalue weighted by Gasteiger charge is 2.10. The first-order valence-corrected chi connectivity index (χ1v) is 11.6. The lowest BCUT2D eigenvalue weighted by molar-refractivity contribution is -0.146. The number of rotatable bonds is 18. The first kappa shape index (κ1) is 26.9. The van der Waals surface area contributed by atoms with Crippen molar-refractivity contribution in [2.24, 2.45) is 17.8 Å². The third-order valence-corrected chi connectivity index (χ3v) is 4.75. The van der Waals surface area contributed by atoms with Gasteiger partial charge in [0.2, 0.25) is 0 Å². The Kier molecular flexibility index (Phi) is 17.3. The molecule has 0 amide bonds. The van der Waals surface area contributed by atoms with Crippen molar-refractivity contribution in [3.63, 3.8) is 0 Å². The van der Waals surface area contributed by atoms with Crippen LogP contribution in [-0.4, -0.2) is 25.2 Å². The van der Waals surface area contributed by atoms with E-state index >= 15 is 0 Å². The van der Waals surface area contributed by atoms with Crippen LogP contribution in [-0.2, 0) is 19.1 Å². The summed E-state index contributed by atoms with van der Waals surface area (Å²) in [6.45, 7) is 11.4. The highest BCUT2D eigenvalue weighted by atomic mass is 16.5. The van der Waals surface area contributed by atoms with Crippen LogP contribution in [0.15, 0.2) is 0 Å². The molecular weight excluding hydrogens is 352 g/mol. The second-order valence-electron chi connectivity index (χ2n) is 9.18. The minimum Gasteiger partial charge on any atom is -0.465 e. The van der Waals surface area contributed by atoms with E-state index in [1.807, 2.05) is 0 Å². The van der Waals surface area contributed by atoms with E-state index in [2.05, 4.69) is 34.6 Å². The highest BCUT2D eigenvalue weighted by Crippen LogP contribution is 2.16. The lowest BCUT2D eigenvalue weighted by atomic mass is 9.99. The summed E-state index contributed by atoms with van der Waals surface area (Å²) < 4.78 is 10.4. The molecule has 0 aliphatic rings. The Hall–Kier alpha value is -1.06. The lowest BCUT2D eigenvalue weighted by Crippen LogP contribution is -2.13. The number of unbranched alkanes of at least 4 members (excludes halogenated alkanes) is 8. The summed E-state index contributed by atoms with van der Waals surface area (Å²) in [7, 11) is 0. The summed E-state index contributed by atoms with van der Waals surface area (Å²) in [6, 6.07) is 0. The second-order valence-corrected chi connectivity index (χ2v) is 9.18. The summed E-state index contributed by atoms with van der Waals surface area (Å²) in [6.07, 6.45) is 13.1. The first-order valence-electron chi connectivity index (χ1n) is 11.6. The van der Waals surface area contributed by atoms with E-state index in [-0.39, 0.29) is 11.9 Å². The van der Waals surface area contributed by atoms with Gasteiger partial charge >= 0.3 is 11.9 Å². The molecule has 0 saturated carbocycles. The Morgan fingerprint density at radius 3 is 1.54 bits per heavy atom. The van der Waals surface area contributed by atoms with Crippen LogP contribution in [0, 0.1) is 17.8 Å². The molecule has 0 radical (unpaired) electrons. The molecule has 0 bridgehead atoms. The summed E-state index contributed by atoms with van der Waals surface area (Å²) in [4.78, 5) is 23.2. The van der Waals surface area contributed by atoms with Crippen LogP contribution in [0.3, 0.4) is 0 Å². The first-order chi connectivity index (χ1) is 13.3. The van der Waals surface area contributed by atoms with Gasteiger partial charge in [-0.2, -0.15) is 0 Å². The van der Waals surface area contributed by atoms with Crippen molar-refractivity contribution in [1.82, 2.24) is 0 Å². The predicted octanol–water partition coefficient (Wildman–Crippen LogP) is 6.70. The third-order valence-electron chi connectivity index (χ3n) is 4.75. The quantitative estimate of drug-likeness (QED) is 0.190. The van der Waals surface area contributed by atoms with Crippen molar-refractivity contribution in [2.45, 2.75) is 112 Å². The molecule has 0 aliphatic heterocycles. The molecule has 0 heterocycles. The van der Waals surface area contributed by atoms with E-state index in [0.29, 0.717) is 43.8 Å². The van der Waals surface area contributed by atoms with Gasteiger partial charge in [-0.1, -0.05) is 92.4 Å². The van der Waals surface area contributed by atoms with Crippen molar-refractivity contribution in [1.29, 1.82) is 0 Å². The normalized spacial score (nSPS) is 12.4. The van der Waals surface area contributed by atoms with Crippen LogP contribution in [0.1, 0.15) is 112 Å². The Balaban J connectivity index is 3.35. The van der Waals surface area contributed by atoms with Gasteiger partial charge in [0, 0.05) is 12.8 Å². The predicted molar refractivity (Wildman–Crippen MR) is 116 cm³/mol. The molecule has 1 unspecified atom stereocenters. The van der Waals surface area contributed by atoms with Gasteiger partial charge in [-0.05, 0) is 24.2 Å². The molecule has 0 aliphatic carbocycles. The van der Waals surface area contributed by atoms with Gasteiger partial charge < -0.3 is 9.47 Å². The van der Waals surface area contributed by atoms with Crippen molar-refractivity contribution in [2.75, 3.05) is 13.2 Å². The zero-order valence-corrected chi connectivity index (χ0v) is 19.3. The molecule has 4 heteroatoms. The number of hydrogen-bond acceptors (Lipinski definition) is 4. The van der Waals surface area contributed by atoms with Gasteiger partial charge in [0.1, 0.15) is 0 Å². The topological polar surface area (TPSA) is 52.6 Å². The van der Waals surface area contributed by atoms with Gasteiger partial charge in [0.05, 0.1) is 13.2 Å². The fourth-order valence-corrected chi connectivity index (χ4v) is 3.04. The van der Waals surface area contributed by atoms with E-state index in [1.54, 1.807) is 0 Å². The molecule has 0 rings (SSSR count). The molecule has 4 nitrogen and oxygen atoms in total. The molecule has 0 saturated heterocycles. The van der Waals surface area contributed by atoms with Crippen LogP contribution in [0.25, 0.3) is 0 Å². The summed E-state index contributed by atoms with van der Waals surface area (Å²) >= 11 is 0. The summed E-state index contributed by atoms with van der Waals surface area (Å²) in [5, 5.41) is 0. The lowest BCUT2D eigenvalue weighted by Gasteiger charge is -2.12. The van der Waals surface area contributed by atoms with E-state index < -0.39 is 0 Å². The van der Waals surface area contributed by atoms with Crippen molar-refractivity contribution in [3.05, 3.63) is 0 Å². The zero-order valence-electron chi connectivity index (χ0n) is 19.3. The van der Waals surface area contributed by atoms with E-state index in [0.717, 1.165) is 19.3 Å². The Morgan fingerprint density at radius 1 is 0.607 bits per heavy atom. The van der Waals surface area contributed by atoms with Crippen LogP contribution < -0.4 is 0 Å². The molecular formula is C24H46O4. The van der Waals surface area contributed by atoms with E-state index in [1.165, 1.54) is 44.9 Å². The molecule has 0 aromatic heterocycles. The number of carbonyl (C=O) groups excluding carboxylic acids is 2. The Bertz CT molecular complexity index is 390. The van der Waals surface area contributed by atoms with Crippen molar-refractivity contribution >= 4 is 11.9 Å². The van der Waals surface area contributed by atoms with Gasteiger partial charge in [0.25, 0.3) is 0 Å². The second kappa shape index (κ2) is 18.0. The van der Waals surface area contributed by atoms with Gasteiger partial charge in [-0.3, -0.25) is 9.59 Å². The highest BCUT2D eigenvalue weighted by molar-refractivity contribution is 5.69. The van der Waals surface area contributed by atoms with E-state index in [4.69, 9.17) is 9.47 Å². The molecule has 1 atom stereocenters. The average molecular weight is 399 g/mol.